The second-order valence-corrected chi connectivity index (χ2v) is 6.38. The highest BCUT2D eigenvalue weighted by Crippen LogP contribution is 2.49. The van der Waals surface area contributed by atoms with Gasteiger partial charge in [-0.2, -0.15) is 5.26 Å². The number of rotatable bonds is 5. The smallest absolute Gasteiger partial charge is 0.147 e. The molecule has 0 unspecified atom stereocenters. The van der Waals surface area contributed by atoms with E-state index in [4.69, 9.17) is 15.1 Å². The van der Waals surface area contributed by atoms with E-state index >= 15 is 0 Å². The van der Waals surface area contributed by atoms with Crippen molar-refractivity contribution in [3.8, 4) is 11.8 Å². The number of ether oxygens (including phenoxy) is 1. The van der Waals surface area contributed by atoms with Crippen molar-refractivity contribution in [3.05, 3.63) is 26.6 Å². The minimum absolute atomic E-state index is 0.00412. The molecule has 2 rings (SSSR count). The largest absolute Gasteiger partial charge is 0.491 e. The molecular formula is C13H13Br2NO2. The maximum Gasteiger partial charge on any atom is 0.147 e. The molecular weight excluding hydrogens is 362 g/mol. The predicted molar refractivity (Wildman–Crippen MR) is 75.2 cm³/mol. The lowest BCUT2D eigenvalue weighted by atomic mass is 10.1. The molecule has 18 heavy (non-hydrogen) atoms. The van der Waals surface area contributed by atoms with Gasteiger partial charge < -0.3 is 9.84 Å². The van der Waals surface area contributed by atoms with Gasteiger partial charge >= 0.3 is 0 Å². The van der Waals surface area contributed by atoms with Crippen LogP contribution >= 0.6 is 31.9 Å². The lowest BCUT2D eigenvalue weighted by Gasteiger charge is -2.16. The summed E-state index contributed by atoms with van der Waals surface area (Å²) in [6.07, 6.45) is 2.67. The van der Waals surface area contributed by atoms with Crippen molar-refractivity contribution in [2.75, 3.05) is 6.61 Å². The van der Waals surface area contributed by atoms with Gasteiger partial charge in [0, 0.05) is 11.8 Å². The molecule has 3 nitrogen and oxygen atoms in total. The zero-order valence-corrected chi connectivity index (χ0v) is 12.9. The minimum Gasteiger partial charge on any atom is -0.491 e. The monoisotopic (exact) mass is 373 g/mol. The highest BCUT2D eigenvalue weighted by Gasteiger charge is 2.43. The van der Waals surface area contributed by atoms with Crippen molar-refractivity contribution in [3.63, 3.8) is 0 Å². The lowest BCUT2D eigenvalue weighted by molar-refractivity contribution is 0.233. The standard InChI is InChI=1S/C13H13Br2NO2/c14-10-5-9(7-17)6-11(15)12(10)18-8-13(1-2-13)3-4-16/h5-6,17H,1-3,7-8H2. The van der Waals surface area contributed by atoms with Gasteiger partial charge in [0.05, 0.1) is 28.2 Å². The Morgan fingerprint density at radius 3 is 2.39 bits per heavy atom. The molecule has 0 radical (unpaired) electrons. The van der Waals surface area contributed by atoms with Gasteiger partial charge in [-0.25, -0.2) is 0 Å². The van der Waals surface area contributed by atoms with E-state index in [9.17, 15) is 0 Å². The third-order valence-corrected chi connectivity index (χ3v) is 4.35. The first-order chi connectivity index (χ1) is 8.60. The van der Waals surface area contributed by atoms with Crippen molar-refractivity contribution in [2.45, 2.75) is 25.9 Å². The van der Waals surface area contributed by atoms with Crippen LogP contribution in [0.5, 0.6) is 5.75 Å². The molecule has 1 aliphatic rings. The van der Waals surface area contributed by atoms with Crippen molar-refractivity contribution < 1.29 is 9.84 Å². The maximum atomic E-state index is 9.10. The summed E-state index contributed by atoms with van der Waals surface area (Å²) in [7, 11) is 0. The Bertz CT molecular complexity index is 469. The molecule has 0 bridgehead atoms. The number of halogens is 2. The molecule has 0 heterocycles. The van der Waals surface area contributed by atoms with E-state index in [-0.39, 0.29) is 12.0 Å². The average molecular weight is 375 g/mol. The Morgan fingerprint density at radius 1 is 1.33 bits per heavy atom. The van der Waals surface area contributed by atoms with Gasteiger partial charge in [-0.05, 0) is 62.4 Å². The van der Waals surface area contributed by atoms with E-state index in [1.165, 1.54) is 0 Å². The molecule has 0 spiro atoms. The fourth-order valence-corrected chi connectivity index (χ4v) is 3.29. The highest BCUT2D eigenvalue weighted by atomic mass is 79.9. The van der Waals surface area contributed by atoms with Crippen molar-refractivity contribution in [2.24, 2.45) is 5.41 Å². The predicted octanol–water partition coefficient (Wildman–Crippen LogP) is 3.78. The van der Waals surface area contributed by atoms with Crippen molar-refractivity contribution in [1.82, 2.24) is 0 Å². The van der Waals surface area contributed by atoms with E-state index in [0.29, 0.717) is 13.0 Å². The molecule has 0 aromatic heterocycles. The third-order valence-electron chi connectivity index (χ3n) is 3.17. The molecule has 0 aliphatic heterocycles. The second-order valence-electron chi connectivity index (χ2n) is 4.67. The normalized spacial score (nSPS) is 16.1. The van der Waals surface area contributed by atoms with Crippen LogP contribution in [0.15, 0.2) is 21.1 Å². The number of benzene rings is 1. The van der Waals surface area contributed by atoms with Gasteiger partial charge in [-0.15, -0.1) is 0 Å². The van der Waals surface area contributed by atoms with Crippen LogP contribution in [0.3, 0.4) is 0 Å². The minimum atomic E-state index is -0.00412. The third kappa shape index (κ3) is 3.05. The first kappa shape index (κ1) is 13.9. The van der Waals surface area contributed by atoms with Crippen LogP contribution in [-0.2, 0) is 6.61 Å². The summed E-state index contributed by atoms with van der Waals surface area (Å²) in [5.74, 6) is 0.733. The Balaban J connectivity index is 2.08. The van der Waals surface area contributed by atoms with Crippen LogP contribution in [0.1, 0.15) is 24.8 Å². The first-order valence-corrected chi connectivity index (χ1v) is 7.27. The van der Waals surface area contributed by atoms with Gasteiger partial charge in [-0.1, -0.05) is 0 Å². The Labute approximate surface area is 123 Å². The van der Waals surface area contributed by atoms with Crippen LogP contribution in [0.2, 0.25) is 0 Å². The van der Waals surface area contributed by atoms with Crippen LogP contribution in [0.4, 0.5) is 0 Å². The molecule has 5 heteroatoms. The topological polar surface area (TPSA) is 53.2 Å². The molecule has 0 amide bonds. The van der Waals surface area contributed by atoms with Gasteiger partial charge in [-0.3, -0.25) is 0 Å². The maximum absolute atomic E-state index is 9.10. The number of aliphatic hydroxyl groups excluding tert-OH is 1. The van der Waals surface area contributed by atoms with E-state index in [1.807, 2.05) is 12.1 Å². The van der Waals surface area contributed by atoms with Gasteiger partial charge in [0.1, 0.15) is 5.75 Å². The summed E-state index contributed by atoms with van der Waals surface area (Å²) in [5, 5.41) is 17.9. The molecule has 0 atom stereocenters. The number of hydrogen-bond acceptors (Lipinski definition) is 3. The molecule has 96 valence electrons. The molecule has 1 N–H and O–H groups in total. The van der Waals surface area contributed by atoms with Gasteiger partial charge in [0.25, 0.3) is 0 Å². The van der Waals surface area contributed by atoms with E-state index in [2.05, 4.69) is 37.9 Å². The van der Waals surface area contributed by atoms with Gasteiger partial charge in [0.15, 0.2) is 0 Å². The Kier molecular flexibility index (Phi) is 4.31. The summed E-state index contributed by atoms with van der Waals surface area (Å²) in [4.78, 5) is 0. The van der Waals surface area contributed by atoms with Crippen molar-refractivity contribution in [1.29, 1.82) is 5.26 Å². The molecule has 1 aromatic rings. The quantitative estimate of drug-likeness (QED) is 0.853. The van der Waals surface area contributed by atoms with Crippen LogP contribution in [0.25, 0.3) is 0 Å². The molecule has 1 aliphatic carbocycles. The van der Waals surface area contributed by atoms with Crippen LogP contribution in [-0.4, -0.2) is 11.7 Å². The van der Waals surface area contributed by atoms with E-state index in [1.54, 1.807) is 0 Å². The molecule has 1 saturated carbocycles. The van der Waals surface area contributed by atoms with E-state index < -0.39 is 0 Å². The van der Waals surface area contributed by atoms with Crippen LogP contribution < -0.4 is 4.74 Å². The van der Waals surface area contributed by atoms with Crippen molar-refractivity contribution >= 4 is 31.9 Å². The Hall–Kier alpha value is -0.570. The number of aliphatic hydroxyl groups is 1. The molecule has 0 saturated heterocycles. The lowest BCUT2D eigenvalue weighted by Crippen LogP contribution is -2.13. The second kappa shape index (κ2) is 5.60. The molecule has 1 fully saturated rings. The fourth-order valence-electron chi connectivity index (χ4n) is 1.78. The summed E-state index contributed by atoms with van der Waals surface area (Å²) >= 11 is 6.87. The zero-order chi connectivity index (χ0) is 13.2. The first-order valence-electron chi connectivity index (χ1n) is 5.69. The summed E-state index contributed by atoms with van der Waals surface area (Å²) in [5.41, 5.74) is 0.878. The number of hydrogen-bond donors (Lipinski definition) is 1. The number of nitriles is 1. The molecule has 1 aromatic carbocycles. The Morgan fingerprint density at radius 2 is 1.94 bits per heavy atom. The van der Waals surface area contributed by atoms with E-state index in [0.717, 1.165) is 33.1 Å². The van der Waals surface area contributed by atoms with Gasteiger partial charge in [0.2, 0.25) is 0 Å². The number of nitrogens with zero attached hydrogens (tertiary/aromatic N) is 1. The van der Waals surface area contributed by atoms with Crippen LogP contribution in [0, 0.1) is 16.7 Å². The zero-order valence-electron chi connectivity index (χ0n) is 9.75. The highest BCUT2D eigenvalue weighted by molar-refractivity contribution is 9.11. The fraction of sp³-hybridized carbons (Fsp3) is 0.462. The SMILES string of the molecule is N#CCC1(COc2c(Br)cc(CO)cc2Br)CC1. The summed E-state index contributed by atoms with van der Waals surface area (Å²) in [6.45, 7) is 0.562. The summed E-state index contributed by atoms with van der Waals surface area (Å²) < 4.78 is 7.45. The average Bonchev–Trinajstić information content (AvgIpc) is 3.08. The summed E-state index contributed by atoms with van der Waals surface area (Å²) in [6, 6.07) is 5.89.